The minimum Gasteiger partial charge on any atom is -0.448 e. The van der Waals surface area contributed by atoms with Gasteiger partial charge in [-0.25, -0.2) is 9.78 Å². The van der Waals surface area contributed by atoms with Crippen LogP contribution < -0.4 is 11.1 Å². The highest BCUT2D eigenvalue weighted by Gasteiger charge is 2.18. The van der Waals surface area contributed by atoms with E-state index >= 15 is 0 Å². The molecule has 0 aromatic carbocycles. The zero-order chi connectivity index (χ0) is 12.8. The van der Waals surface area contributed by atoms with Crippen molar-refractivity contribution in [2.24, 2.45) is 5.73 Å². The summed E-state index contributed by atoms with van der Waals surface area (Å²) in [5.41, 5.74) is 5.12. The van der Waals surface area contributed by atoms with Crippen molar-refractivity contribution in [3.05, 3.63) is 23.7 Å². The summed E-state index contributed by atoms with van der Waals surface area (Å²) in [6, 6.07) is 0. The fourth-order valence-corrected chi connectivity index (χ4v) is 1.58. The van der Waals surface area contributed by atoms with Gasteiger partial charge < -0.3 is 15.8 Å². The average molecular weight is 255 g/mol. The van der Waals surface area contributed by atoms with Gasteiger partial charge in [0.25, 0.3) is 5.91 Å². The molecule has 3 N–H and O–H groups in total. The number of ether oxygens (including phenoxy) is 1. The number of aromatic nitrogens is 1. The van der Waals surface area contributed by atoms with Crippen molar-refractivity contribution in [3.8, 4) is 0 Å². The van der Waals surface area contributed by atoms with Gasteiger partial charge in [-0.1, -0.05) is 6.08 Å². The van der Waals surface area contributed by atoms with Gasteiger partial charge in [0.15, 0.2) is 16.9 Å². The van der Waals surface area contributed by atoms with Gasteiger partial charge in [-0.3, -0.25) is 4.79 Å². The van der Waals surface area contributed by atoms with Gasteiger partial charge in [0.05, 0.1) is 0 Å². The third-order valence-electron chi connectivity index (χ3n) is 1.80. The van der Waals surface area contributed by atoms with E-state index in [2.05, 4.69) is 16.9 Å². The fourth-order valence-electron chi connectivity index (χ4n) is 0.887. The van der Waals surface area contributed by atoms with E-state index in [1.165, 1.54) is 18.3 Å². The van der Waals surface area contributed by atoms with E-state index in [9.17, 15) is 9.59 Å². The Balaban J connectivity index is 2.60. The molecular formula is C10H13N3O3S. The third kappa shape index (κ3) is 3.87. The van der Waals surface area contributed by atoms with Crippen molar-refractivity contribution in [2.75, 3.05) is 11.9 Å². The first-order valence-corrected chi connectivity index (χ1v) is 5.73. The lowest BCUT2D eigenvalue weighted by molar-refractivity contribution is -0.125. The van der Waals surface area contributed by atoms with Crippen LogP contribution in [0.4, 0.5) is 5.13 Å². The number of nitrogens with one attached hydrogen (secondary N) is 1. The normalized spacial score (nSPS) is 11.6. The van der Waals surface area contributed by atoms with Crippen LogP contribution in [0.15, 0.2) is 18.0 Å². The van der Waals surface area contributed by atoms with Crippen LogP contribution in [0.25, 0.3) is 0 Å². The number of hydrogen-bond donors (Lipinski definition) is 2. The lowest BCUT2D eigenvalue weighted by Gasteiger charge is -2.07. The van der Waals surface area contributed by atoms with Gasteiger partial charge in [-0.05, 0) is 6.92 Å². The summed E-state index contributed by atoms with van der Waals surface area (Å²) in [6.45, 7) is 5.51. The van der Waals surface area contributed by atoms with Crippen molar-refractivity contribution in [1.82, 2.24) is 4.98 Å². The van der Waals surface area contributed by atoms with E-state index in [0.29, 0.717) is 11.7 Å². The summed E-state index contributed by atoms with van der Waals surface area (Å²) in [5, 5.41) is 5.07. The zero-order valence-corrected chi connectivity index (χ0v) is 10.1. The molecule has 1 amide bonds. The monoisotopic (exact) mass is 255 g/mol. The molecule has 0 radical (unpaired) electrons. The maximum absolute atomic E-state index is 11.5. The van der Waals surface area contributed by atoms with Gasteiger partial charge in [0.2, 0.25) is 0 Å². The predicted molar refractivity (Wildman–Crippen MR) is 64.9 cm³/mol. The van der Waals surface area contributed by atoms with Crippen LogP contribution in [0.1, 0.15) is 17.4 Å². The van der Waals surface area contributed by atoms with Gasteiger partial charge in [0, 0.05) is 11.9 Å². The minimum absolute atomic E-state index is 0.148. The Morgan fingerprint density at radius 3 is 3.06 bits per heavy atom. The van der Waals surface area contributed by atoms with Gasteiger partial charge in [-0.15, -0.1) is 17.9 Å². The molecule has 92 valence electrons. The minimum atomic E-state index is -0.964. The first-order chi connectivity index (χ1) is 8.04. The number of carbonyl (C=O) groups excluding carboxylic acids is 2. The second-order valence-corrected chi connectivity index (χ2v) is 4.02. The molecule has 0 spiro atoms. The molecule has 7 heteroatoms. The highest BCUT2D eigenvalue weighted by molar-refractivity contribution is 7.13. The third-order valence-corrected chi connectivity index (χ3v) is 2.60. The number of nitrogens with zero attached hydrogens (tertiary/aromatic N) is 1. The molecule has 1 rings (SSSR count). The molecule has 0 aliphatic heterocycles. The molecule has 1 aromatic heterocycles. The molecule has 6 nitrogen and oxygen atoms in total. The fraction of sp³-hybridized carbons (Fsp3) is 0.300. The summed E-state index contributed by atoms with van der Waals surface area (Å²) in [4.78, 5) is 26.2. The Bertz CT molecular complexity index is 430. The molecule has 0 bridgehead atoms. The molecule has 0 unspecified atom stereocenters. The lowest BCUT2D eigenvalue weighted by atomic mass is 10.4. The Morgan fingerprint density at radius 2 is 2.47 bits per heavy atom. The van der Waals surface area contributed by atoms with Crippen molar-refractivity contribution in [3.63, 3.8) is 0 Å². The van der Waals surface area contributed by atoms with E-state index in [1.807, 2.05) is 0 Å². The number of carbonyl (C=O) groups is 2. The van der Waals surface area contributed by atoms with Crippen molar-refractivity contribution >= 4 is 28.3 Å². The molecule has 0 aliphatic carbocycles. The van der Waals surface area contributed by atoms with Crippen LogP contribution in [0.2, 0.25) is 0 Å². The van der Waals surface area contributed by atoms with Crippen LogP contribution in [0.3, 0.4) is 0 Å². The largest absolute Gasteiger partial charge is 0.448 e. The standard InChI is InChI=1S/C10H13N3O3S/c1-3-4-12-10-13-7(5-17-10)9(15)16-6(2)8(11)14/h3,5-6H,1,4H2,2H3,(H2,11,14)(H,12,13)/t6-/m0/s1. The molecular weight excluding hydrogens is 242 g/mol. The molecule has 0 saturated heterocycles. The van der Waals surface area contributed by atoms with Crippen LogP contribution in [-0.4, -0.2) is 29.5 Å². The second-order valence-electron chi connectivity index (χ2n) is 3.16. The molecule has 0 aliphatic rings. The number of amides is 1. The number of thiazole rings is 1. The van der Waals surface area contributed by atoms with Crippen LogP contribution in [-0.2, 0) is 9.53 Å². The summed E-state index contributed by atoms with van der Waals surface area (Å²) in [5.74, 6) is -1.36. The quantitative estimate of drug-likeness (QED) is 0.578. The van der Waals surface area contributed by atoms with Gasteiger partial charge >= 0.3 is 5.97 Å². The Morgan fingerprint density at radius 1 is 1.76 bits per heavy atom. The maximum Gasteiger partial charge on any atom is 0.358 e. The van der Waals surface area contributed by atoms with Crippen LogP contribution in [0, 0.1) is 0 Å². The highest BCUT2D eigenvalue weighted by Crippen LogP contribution is 2.16. The van der Waals surface area contributed by atoms with E-state index in [-0.39, 0.29) is 5.69 Å². The Kier molecular flexibility index (Phi) is 4.65. The number of primary amides is 1. The van der Waals surface area contributed by atoms with E-state index in [4.69, 9.17) is 10.5 Å². The first-order valence-electron chi connectivity index (χ1n) is 4.85. The van der Waals surface area contributed by atoms with Crippen molar-refractivity contribution in [2.45, 2.75) is 13.0 Å². The number of anilines is 1. The molecule has 1 aromatic rings. The molecule has 1 atom stereocenters. The van der Waals surface area contributed by atoms with E-state index in [0.717, 1.165) is 0 Å². The number of esters is 1. The SMILES string of the molecule is C=CCNc1nc(C(=O)O[C@@H](C)C(N)=O)cs1. The zero-order valence-electron chi connectivity index (χ0n) is 9.30. The molecule has 0 fully saturated rings. The first kappa shape index (κ1) is 13.2. The van der Waals surface area contributed by atoms with Gasteiger partial charge in [-0.2, -0.15) is 0 Å². The molecule has 0 saturated carbocycles. The number of hydrogen-bond acceptors (Lipinski definition) is 6. The summed E-state index contributed by atoms with van der Waals surface area (Å²) in [7, 11) is 0. The Hall–Kier alpha value is -1.89. The highest BCUT2D eigenvalue weighted by atomic mass is 32.1. The average Bonchev–Trinajstić information content (AvgIpc) is 2.74. The van der Waals surface area contributed by atoms with E-state index in [1.54, 1.807) is 11.5 Å². The maximum atomic E-state index is 11.5. The predicted octanol–water partition coefficient (Wildman–Crippen LogP) is 0.772. The second kappa shape index (κ2) is 6.00. The number of rotatable bonds is 6. The van der Waals surface area contributed by atoms with Crippen molar-refractivity contribution < 1.29 is 14.3 Å². The number of nitrogens with two attached hydrogens (primary N) is 1. The topological polar surface area (TPSA) is 94.3 Å². The van der Waals surface area contributed by atoms with Crippen molar-refractivity contribution in [1.29, 1.82) is 0 Å². The van der Waals surface area contributed by atoms with Crippen LogP contribution >= 0.6 is 11.3 Å². The Labute approximate surface area is 102 Å². The molecule has 17 heavy (non-hydrogen) atoms. The van der Waals surface area contributed by atoms with Gasteiger partial charge in [0.1, 0.15) is 0 Å². The van der Waals surface area contributed by atoms with E-state index < -0.39 is 18.0 Å². The molecule has 1 heterocycles. The lowest BCUT2D eigenvalue weighted by Crippen LogP contribution is -2.30. The summed E-state index contributed by atoms with van der Waals surface area (Å²) >= 11 is 1.27. The smallest absolute Gasteiger partial charge is 0.358 e. The van der Waals surface area contributed by atoms with Crippen LogP contribution in [0.5, 0.6) is 0 Å². The summed E-state index contributed by atoms with van der Waals surface area (Å²) < 4.78 is 4.80. The summed E-state index contributed by atoms with van der Waals surface area (Å²) in [6.07, 6.45) is 0.711.